The number of allylic oxidation sites excluding steroid dienone is 1. The molecule has 0 rings (SSSR count). The second kappa shape index (κ2) is 51.6. The molecule has 0 fully saturated rings. The summed E-state index contributed by atoms with van der Waals surface area (Å²) in [5.41, 5.74) is 0. The van der Waals surface area contributed by atoms with Gasteiger partial charge in [0.2, 0.25) is 0 Å². The van der Waals surface area contributed by atoms with Crippen LogP contribution in [0.2, 0.25) is 0 Å². The minimum Gasteiger partial charge on any atom is -0.465 e. The molecule has 5 nitrogen and oxygen atoms in total. The SMILES string of the molecule is CCCCCCCCCCCCCCC/C=C/C(=O)OC(NCCCCCCCC(=O)OCC(CCCCCC)CCCCCCCC)C(CCCCCC)CCCCCCCC. The van der Waals surface area contributed by atoms with Gasteiger partial charge in [-0.3, -0.25) is 10.1 Å². The van der Waals surface area contributed by atoms with Gasteiger partial charge >= 0.3 is 11.9 Å². The molecule has 1 N–H and O–H groups in total. The molecule has 0 amide bonds. The molecule has 0 saturated heterocycles. The highest BCUT2D eigenvalue weighted by Crippen LogP contribution is 2.24. The zero-order valence-electron chi connectivity index (χ0n) is 43.5. The molecule has 0 saturated carbocycles. The van der Waals surface area contributed by atoms with Crippen LogP contribution in [-0.4, -0.2) is 31.3 Å². The molecule has 374 valence electrons. The van der Waals surface area contributed by atoms with Gasteiger partial charge < -0.3 is 9.47 Å². The topological polar surface area (TPSA) is 64.6 Å². The second-order valence-corrected chi connectivity index (χ2v) is 19.9. The normalized spacial score (nSPS) is 13.2. The lowest BCUT2D eigenvalue weighted by Crippen LogP contribution is -2.40. The quantitative estimate of drug-likeness (QED) is 0.0285. The van der Waals surface area contributed by atoms with Crippen molar-refractivity contribution in [3.8, 4) is 0 Å². The Bertz CT molecular complexity index is 951. The molecular formula is C58H113NO4. The maximum atomic E-state index is 13.2. The Kier molecular flexibility index (Phi) is 50.5. The van der Waals surface area contributed by atoms with E-state index in [1.165, 1.54) is 218 Å². The van der Waals surface area contributed by atoms with Crippen LogP contribution in [0, 0.1) is 11.8 Å². The first-order valence-corrected chi connectivity index (χ1v) is 28.8. The van der Waals surface area contributed by atoms with Crippen LogP contribution in [0.25, 0.3) is 0 Å². The van der Waals surface area contributed by atoms with Crippen molar-refractivity contribution in [2.24, 2.45) is 11.8 Å². The molecule has 0 aliphatic heterocycles. The Morgan fingerprint density at radius 2 is 0.794 bits per heavy atom. The largest absolute Gasteiger partial charge is 0.465 e. The van der Waals surface area contributed by atoms with Crippen molar-refractivity contribution in [1.29, 1.82) is 0 Å². The summed E-state index contributed by atoms with van der Waals surface area (Å²) in [5.74, 6) is 0.704. The van der Waals surface area contributed by atoms with Crippen LogP contribution in [-0.2, 0) is 19.1 Å². The van der Waals surface area contributed by atoms with Gasteiger partial charge in [-0.25, -0.2) is 4.79 Å². The molecule has 0 radical (unpaired) electrons. The Morgan fingerprint density at radius 1 is 0.429 bits per heavy atom. The van der Waals surface area contributed by atoms with Crippen LogP contribution in [0.1, 0.15) is 317 Å². The Hall–Kier alpha value is -1.36. The highest BCUT2D eigenvalue weighted by Gasteiger charge is 2.24. The van der Waals surface area contributed by atoms with Gasteiger partial charge in [-0.15, -0.1) is 0 Å². The molecule has 0 bridgehead atoms. The first kappa shape index (κ1) is 61.6. The van der Waals surface area contributed by atoms with Crippen molar-refractivity contribution in [3.63, 3.8) is 0 Å². The van der Waals surface area contributed by atoms with Gasteiger partial charge in [-0.05, 0) is 63.8 Å². The monoisotopic (exact) mass is 888 g/mol. The molecule has 0 spiro atoms. The second-order valence-electron chi connectivity index (χ2n) is 19.9. The number of carbonyl (C=O) groups is 2. The molecule has 0 aromatic carbocycles. The van der Waals surface area contributed by atoms with E-state index in [4.69, 9.17) is 9.47 Å². The zero-order valence-corrected chi connectivity index (χ0v) is 43.5. The molecule has 63 heavy (non-hydrogen) atoms. The van der Waals surface area contributed by atoms with Gasteiger partial charge in [0.25, 0.3) is 0 Å². The number of hydrogen-bond acceptors (Lipinski definition) is 5. The average Bonchev–Trinajstić information content (AvgIpc) is 3.28. The molecule has 0 heterocycles. The standard InChI is InChI=1S/C58H113NO4/c1-6-11-16-21-24-25-26-27-28-29-30-31-32-36-44-51-57(61)63-58(55(48-41-20-15-10-5)49-42-35-23-18-13-8-3)59-52-45-38-33-37-43-50-56(60)62-53-54(46-39-19-14-9-4)47-40-34-22-17-12-7-2/h44,51,54-55,58-59H,6-43,45-50,52-53H2,1-5H3/b51-44+. The van der Waals surface area contributed by atoms with E-state index in [9.17, 15) is 9.59 Å². The lowest BCUT2D eigenvalue weighted by Gasteiger charge is -2.28. The Morgan fingerprint density at radius 3 is 1.25 bits per heavy atom. The zero-order chi connectivity index (χ0) is 45.9. The third-order valence-corrected chi connectivity index (χ3v) is 13.6. The fraction of sp³-hybridized carbons (Fsp3) is 0.931. The summed E-state index contributed by atoms with van der Waals surface area (Å²) in [6, 6.07) is 0. The van der Waals surface area contributed by atoms with Gasteiger partial charge in [0, 0.05) is 18.4 Å². The highest BCUT2D eigenvalue weighted by molar-refractivity contribution is 5.82. The smallest absolute Gasteiger partial charge is 0.331 e. The van der Waals surface area contributed by atoms with Crippen LogP contribution in [0.5, 0.6) is 0 Å². The van der Waals surface area contributed by atoms with Crippen molar-refractivity contribution in [2.45, 2.75) is 323 Å². The lowest BCUT2D eigenvalue weighted by atomic mass is 9.92. The molecule has 0 aromatic heterocycles. The van der Waals surface area contributed by atoms with Gasteiger partial charge in [0.05, 0.1) is 6.61 Å². The van der Waals surface area contributed by atoms with E-state index in [0.29, 0.717) is 24.9 Å². The maximum absolute atomic E-state index is 13.2. The molecule has 0 aliphatic carbocycles. The van der Waals surface area contributed by atoms with E-state index < -0.39 is 0 Å². The lowest BCUT2D eigenvalue weighted by molar-refractivity contribution is -0.148. The summed E-state index contributed by atoms with van der Waals surface area (Å²) in [6.45, 7) is 12.9. The number of carbonyl (C=O) groups excluding carboxylic acids is 2. The summed E-state index contributed by atoms with van der Waals surface area (Å²) in [7, 11) is 0. The molecule has 0 aliphatic rings. The Labute approximate surface area is 395 Å². The van der Waals surface area contributed by atoms with Crippen molar-refractivity contribution >= 4 is 11.9 Å². The first-order chi connectivity index (χ1) is 31.0. The summed E-state index contributed by atoms with van der Waals surface area (Å²) < 4.78 is 12.1. The van der Waals surface area contributed by atoms with Crippen molar-refractivity contribution in [1.82, 2.24) is 5.32 Å². The molecule has 3 unspecified atom stereocenters. The van der Waals surface area contributed by atoms with E-state index in [1.807, 2.05) is 0 Å². The first-order valence-electron chi connectivity index (χ1n) is 28.8. The number of esters is 2. The predicted octanol–water partition coefficient (Wildman–Crippen LogP) is 19.0. The fourth-order valence-electron chi connectivity index (χ4n) is 9.23. The number of unbranched alkanes of at least 4 members (excludes halogenated alkanes) is 33. The molecule has 5 heteroatoms. The fourth-order valence-corrected chi connectivity index (χ4v) is 9.23. The van der Waals surface area contributed by atoms with E-state index in [-0.39, 0.29) is 18.2 Å². The van der Waals surface area contributed by atoms with Crippen LogP contribution >= 0.6 is 0 Å². The van der Waals surface area contributed by atoms with Crippen LogP contribution < -0.4 is 5.32 Å². The maximum Gasteiger partial charge on any atom is 0.331 e. The third kappa shape index (κ3) is 45.6. The van der Waals surface area contributed by atoms with Crippen molar-refractivity contribution in [2.75, 3.05) is 13.2 Å². The van der Waals surface area contributed by atoms with E-state index >= 15 is 0 Å². The van der Waals surface area contributed by atoms with E-state index in [1.54, 1.807) is 6.08 Å². The molecule has 0 aromatic rings. The molecular weight excluding hydrogens is 775 g/mol. The van der Waals surface area contributed by atoms with Gasteiger partial charge in [0.15, 0.2) is 6.23 Å². The number of nitrogens with one attached hydrogen (secondary N) is 1. The van der Waals surface area contributed by atoms with E-state index in [0.717, 1.165) is 64.3 Å². The minimum absolute atomic E-state index is 0.00318. The van der Waals surface area contributed by atoms with E-state index in [2.05, 4.69) is 46.0 Å². The number of ether oxygens (including phenoxy) is 2. The minimum atomic E-state index is -0.220. The summed E-state index contributed by atoms with van der Waals surface area (Å²) >= 11 is 0. The summed E-state index contributed by atoms with van der Waals surface area (Å²) in [6.07, 6.45) is 58.4. The highest BCUT2D eigenvalue weighted by atomic mass is 16.6. The van der Waals surface area contributed by atoms with Crippen LogP contribution in [0.15, 0.2) is 12.2 Å². The van der Waals surface area contributed by atoms with Crippen molar-refractivity contribution in [3.05, 3.63) is 12.2 Å². The Balaban J connectivity index is 4.82. The molecule has 3 atom stereocenters. The number of hydrogen-bond donors (Lipinski definition) is 1. The van der Waals surface area contributed by atoms with Crippen LogP contribution in [0.4, 0.5) is 0 Å². The summed E-state index contributed by atoms with van der Waals surface area (Å²) in [4.78, 5) is 25.9. The van der Waals surface area contributed by atoms with Crippen molar-refractivity contribution < 1.29 is 19.1 Å². The van der Waals surface area contributed by atoms with Gasteiger partial charge in [-0.1, -0.05) is 265 Å². The summed E-state index contributed by atoms with van der Waals surface area (Å²) in [5, 5.41) is 3.74. The van der Waals surface area contributed by atoms with Crippen LogP contribution in [0.3, 0.4) is 0 Å². The number of rotatable bonds is 52. The predicted molar refractivity (Wildman–Crippen MR) is 276 cm³/mol. The van der Waals surface area contributed by atoms with Gasteiger partial charge in [0.1, 0.15) is 0 Å². The van der Waals surface area contributed by atoms with Gasteiger partial charge in [-0.2, -0.15) is 0 Å². The average molecular weight is 889 g/mol. The third-order valence-electron chi connectivity index (χ3n) is 13.6.